The molecule has 19 heavy (non-hydrogen) atoms. The summed E-state index contributed by atoms with van der Waals surface area (Å²) in [6.07, 6.45) is 2.39. The van der Waals surface area contributed by atoms with Gasteiger partial charge in [-0.25, -0.2) is 0 Å². The zero-order valence-corrected chi connectivity index (χ0v) is 12.0. The predicted molar refractivity (Wildman–Crippen MR) is 81.8 cm³/mol. The van der Waals surface area contributed by atoms with E-state index >= 15 is 0 Å². The van der Waals surface area contributed by atoms with E-state index in [0.29, 0.717) is 6.04 Å². The number of hydrogen-bond donors (Lipinski definition) is 1. The summed E-state index contributed by atoms with van der Waals surface area (Å²) < 4.78 is 0. The van der Waals surface area contributed by atoms with Gasteiger partial charge in [-0.2, -0.15) is 0 Å². The summed E-state index contributed by atoms with van der Waals surface area (Å²) in [5, 5.41) is 3.73. The summed E-state index contributed by atoms with van der Waals surface area (Å²) in [5.74, 6) is 0. The van der Waals surface area contributed by atoms with Crippen molar-refractivity contribution >= 4 is 5.69 Å². The van der Waals surface area contributed by atoms with Crippen LogP contribution in [0.15, 0.2) is 36.4 Å². The van der Waals surface area contributed by atoms with Gasteiger partial charge in [-0.1, -0.05) is 35.9 Å². The Hall–Kier alpha value is -1.76. The Kier molecular flexibility index (Phi) is 3.06. The summed E-state index contributed by atoms with van der Waals surface area (Å²) in [4.78, 5) is 0. The molecular formula is C18H21N. The molecule has 2 aromatic carbocycles. The maximum Gasteiger partial charge on any atom is 0.0519 e. The van der Waals surface area contributed by atoms with E-state index < -0.39 is 0 Å². The number of aryl methyl sites for hydroxylation is 3. The van der Waals surface area contributed by atoms with Crippen molar-refractivity contribution in [2.75, 3.05) is 5.32 Å². The Balaban J connectivity index is 1.90. The quantitative estimate of drug-likeness (QED) is 0.815. The lowest BCUT2D eigenvalue weighted by Gasteiger charge is -2.18. The summed E-state index contributed by atoms with van der Waals surface area (Å²) >= 11 is 0. The van der Waals surface area contributed by atoms with Crippen molar-refractivity contribution < 1.29 is 0 Å². The second kappa shape index (κ2) is 4.73. The van der Waals surface area contributed by atoms with Gasteiger partial charge in [0.05, 0.1) is 6.04 Å². The van der Waals surface area contributed by atoms with Crippen LogP contribution in [0.1, 0.15) is 40.3 Å². The number of benzene rings is 2. The average molecular weight is 251 g/mol. The van der Waals surface area contributed by atoms with Crippen molar-refractivity contribution in [1.82, 2.24) is 0 Å². The molecular weight excluding hydrogens is 230 g/mol. The van der Waals surface area contributed by atoms with Crippen molar-refractivity contribution in [2.45, 2.75) is 39.7 Å². The number of anilines is 1. The van der Waals surface area contributed by atoms with Crippen LogP contribution in [0, 0.1) is 20.8 Å². The van der Waals surface area contributed by atoms with Gasteiger partial charge in [0, 0.05) is 5.69 Å². The zero-order chi connectivity index (χ0) is 13.4. The van der Waals surface area contributed by atoms with Gasteiger partial charge in [0.2, 0.25) is 0 Å². The molecule has 1 nitrogen and oxygen atoms in total. The van der Waals surface area contributed by atoms with Gasteiger partial charge < -0.3 is 5.32 Å². The van der Waals surface area contributed by atoms with E-state index in [9.17, 15) is 0 Å². The molecule has 1 aliphatic carbocycles. The number of fused-ring (bicyclic) bond motifs is 1. The molecule has 1 atom stereocenters. The van der Waals surface area contributed by atoms with Crippen molar-refractivity contribution in [3.63, 3.8) is 0 Å². The fourth-order valence-corrected chi connectivity index (χ4v) is 2.97. The summed E-state index contributed by atoms with van der Waals surface area (Å²) in [6, 6.07) is 13.8. The molecule has 0 aromatic heterocycles. The van der Waals surface area contributed by atoms with Crippen molar-refractivity contribution in [3.05, 3.63) is 64.2 Å². The molecule has 0 bridgehead atoms. The van der Waals surface area contributed by atoms with Crippen LogP contribution in [0.5, 0.6) is 0 Å². The molecule has 0 spiro atoms. The molecule has 2 aromatic rings. The number of nitrogens with one attached hydrogen (secondary N) is 1. The molecule has 0 amide bonds. The molecule has 0 aliphatic heterocycles. The van der Waals surface area contributed by atoms with Crippen LogP contribution in [-0.2, 0) is 6.42 Å². The minimum atomic E-state index is 0.468. The SMILES string of the molecule is Cc1ccc2c(c1)C(Nc1cccc(C)c1C)CC2. The van der Waals surface area contributed by atoms with Gasteiger partial charge in [-0.05, 0) is 61.9 Å². The molecule has 1 unspecified atom stereocenters. The third-order valence-electron chi connectivity index (χ3n) is 4.31. The van der Waals surface area contributed by atoms with Gasteiger partial charge in [-0.15, -0.1) is 0 Å². The van der Waals surface area contributed by atoms with E-state index in [1.807, 2.05) is 0 Å². The van der Waals surface area contributed by atoms with E-state index in [0.717, 1.165) is 0 Å². The van der Waals surface area contributed by atoms with Crippen LogP contribution < -0.4 is 5.32 Å². The predicted octanol–water partition coefficient (Wildman–Crippen LogP) is 4.71. The van der Waals surface area contributed by atoms with Crippen molar-refractivity contribution in [2.24, 2.45) is 0 Å². The topological polar surface area (TPSA) is 12.0 Å². The maximum absolute atomic E-state index is 3.73. The standard InChI is InChI=1S/C18H21N/c1-12-7-8-15-9-10-18(16(15)11-12)19-17-6-4-5-13(2)14(17)3/h4-8,11,18-19H,9-10H2,1-3H3. The van der Waals surface area contributed by atoms with Gasteiger partial charge in [0.25, 0.3) is 0 Å². The first-order valence-electron chi connectivity index (χ1n) is 7.07. The minimum Gasteiger partial charge on any atom is -0.378 e. The third kappa shape index (κ3) is 2.25. The lowest BCUT2D eigenvalue weighted by atomic mass is 10.0. The van der Waals surface area contributed by atoms with Crippen LogP contribution in [0.2, 0.25) is 0 Å². The summed E-state index contributed by atoms with van der Waals surface area (Å²) in [5.41, 5.74) is 8.35. The van der Waals surface area contributed by atoms with Crippen LogP contribution >= 0.6 is 0 Å². The normalized spacial score (nSPS) is 17.3. The summed E-state index contributed by atoms with van der Waals surface area (Å²) in [7, 11) is 0. The Morgan fingerprint density at radius 1 is 1.05 bits per heavy atom. The minimum absolute atomic E-state index is 0.468. The van der Waals surface area contributed by atoms with Crippen LogP contribution in [-0.4, -0.2) is 0 Å². The van der Waals surface area contributed by atoms with Crippen LogP contribution in [0.25, 0.3) is 0 Å². The van der Waals surface area contributed by atoms with Crippen molar-refractivity contribution in [1.29, 1.82) is 0 Å². The van der Waals surface area contributed by atoms with Gasteiger partial charge in [-0.3, -0.25) is 0 Å². The highest BCUT2D eigenvalue weighted by atomic mass is 14.9. The fraction of sp³-hybridized carbons (Fsp3) is 0.333. The van der Waals surface area contributed by atoms with E-state index in [2.05, 4.69) is 62.5 Å². The van der Waals surface area contributed by atoms with E-state index in [1.54, 1.807) is 0 Å². The highest BCUT2D eigenvalue weighted by Crippen LogP contribution is 2.35. The molecule has 0 fully saturated rings. The average Bonchev–Trinajstić information content (AvgIpc) is 2.78. The monoisotopic (exact) mass is 251 g/mol. The highest BCUT2D eigenvalue weighted by molar-refractivity contribution is 5.56. The smallest absolute Gasteiger partial charge is 0.0519 e. The summed E-state index contributed by atoms with van der Waals surface area (Å²) in [6.45, 7) is 6.55. The Morgan fingerprint density at radius 2 is 1.89 bits per heavy atom. The zero-order valence-electron chi connectivity index (χ0n) is 12.0. The first-order valence-corrected chi connectivity index (χ1v) is 7.07. The van der Waals surface area contributed by atoms with E-state index in [-0.39, 0.29) is 0 Å². The molecule has 3 rings (SSSR count). The number of rotatable bonds is 2. The Morgan fingerprint density at radius 3 is 2.74 bits per heavy atom. The molecule has 0 saturated heterocycles. The van der Waals surface area contributed by atoms with Crippen LogP contribution in [0.3, 0.4) is 0 Å². The molecule has 0 radical (unpaired) electrons. The molecule has 1 heteroatoms. The molecule has 1 N–H and O–H groups in total. The van der Waals surface area contributed by atoms with Gasteiger partial charge in [0.15, 0.2) is 0 Å². The maximum atomic E-state index is 3.73. The lowest BCUT2D eigenvalue weighted by Crippen LogP contribution is -2.08. The largest absolute Gasteiger partial charge is 0.378 e. The number of hydrogen-bond acceptors (Lipinski definition) is 1. The van der Waals surface area contributed by atoms with Crippen molar-refractivity contribution in [3.8, 4) is 0 Å². The second-order valence-electron chi connectivity index (χ2n) is 5.69. The first kappa shape index (κ1) is 12.3. The fourth-order valence-electron chi connectivity index (χ4n) is 2.97. The van der Waals surface area contributed by atoms with E-state index in [4.69, 9.17) is 0 Å². The molecule has 0 heterocycles. The Bertz CT molecular complexity index is 613. The van der Waals surface area contributed by atoms with Gasteiger partial charge >= 0.3 is 0 Å². The second-order valence-corrected chi connectivity index (χ2v) is 5.69. The lowest BCUT2D eigenvalue weighted by molar-refractivity contribution is 0.760. The highest BCUT2D eigenvalue weighted by Gasteiger charge is 2.22. The molecule has 1 aliphatic rings. The third-order valence-corrected chi connectivity index (χ3v) is 4.31. The Labute approximate surface area is 115 Å². The molecule has 0 saturated carbocycles. The first-order chi connectivity index (χ1) is 9.15. The van der Waals surface area contributed by atoms with E-state index in [1.165, 1.54) is 46.3 Å². The van der Waals surface area contributed by atoms with Crippen LogP contribution in [0.4, 0.5) is 5.69 Å². The molecule has 98 valence electrons. The van der Waals surface area contributed by atoms with Gasteiger partial charge in [0.1, 0.15) is 0 Å².